The molecule has 0 aliphatic rings. The third kappa shape index (κ3) is 2.01. The van der Waals surface area contributed by atoms with Crippen molar-refractivity contribution in [1.82, 2.24) is 9.61 Å². The molecule has 18 heavy (non-hydrogen) atoms. The van der Waals surface area contributed by atoms with Gasteiger partial charge in [0, 0.05) is 10.7 Å². The summed E-state index contributed by atoms with van der Waals surface area (Å²) in [5, 5.41) is 4.07. The van der Waals surface area contributed by atoms with Crippen molar-refractivity contribution in [1.29, 1.82) is 0 Å². The van der Waals surface area contributed by atoms with Gasteiger partial charge in [-0.3, -0.25) is 0 Å². The number of fused-ring (bicyclic) bond motifs is 1. The monoisotopic (exact) mass is 313 g/mol. The Morgan fingerprint density at radius 2 is 2.33 bits per heavy atom. The van der Waals surface area contributed by atoms with Gasteiger partial charge in [-0.2, -0.15) is 0 Å². The quantitative estimate of drug-likeness (QED) is 0.875. The second-order valence-electron chi connectivity index (χ2n) is 3.50. The molecule has 0 radical (unpaired) electrons. The molecule has 0 bridgehead atoms. The van der Waals surface area contributed by atoms with Crippen LogP contribution in [0.1, 0.15) is 17.3 Å². The Morgan fingerprint density at radius 1 is 1.61 bits per heavy atom. The van der Waals surface area contributed by atoms with Crippen LogP contribution in [0.4, 0.5) is 5.82 Å². The third-order valence-electron chi connectivity index (χ3n) is 2.38. The van der Waals surface area contributed by atoms with Gasteiger partial charge >= 0.3 is 5.97 Å². The molecule has 2 aromatic rings. The predicted octanol–water partition coefficient (Wildman–Crippen LogP) is 1.86. The van der Waals surface area contributed by atoms with Crippen molar-refractivity contribution >= 4 is 33.2 Å². The van der Waals surface area contributed by atoms with E-state index in [1.807, 2.05) is 0 Å². The Balaban J connectivity index is 2.72. The standard InChI is InChI=1S/C11H12BrN3O3/c1-3-18-11(16)8-9-7(17-2)4-6(12)5-15(9)14-10(8)13/h4-5H,3H2,1-2H3,(H2,13,14). The van der Waals surface area contributed by atoms with E-state index in [2.05, 4.69) is 21.0 Å². The van der Waals surface area contributed by atoms with E-state index in [1.54, 1.807) is 19.2 Å². The van der Waals surface area contributed by atoms with E-state index < -0.39 is 5.97 Å². The predicted molar refractivity (Wildman–Crippen MR) is 69.8 cm³/mol. The van der Waals surface area contributed by atoms with Gasteiger partial charge in [0.2, 0.25) is 0 Å². The molecule has 96 valence electrons. The molecule has 2 heterocycles. The first-order chi connectivity index (χ1) is 8.58. The number of aromatic nitrogens is 2. The average molecular weight is 314 g/mol. The highest BCUT2D eigenvalue weighted by molar-refractivity contribution is 9.10. The lowest BCUT2D eigenvalue weighted by Gasteiger charge is -2.05. The zero-order valence-electron chi connectivity index (χ0n) is 9.94. The molecule has 0 saturated heterocycles. The van der Waals surface area contributed by atoms with E-state index in [0.717, 1.165) is 4.47 Å². The van der Waals surface area contributed by atoms with Gasteiger partial charge in [-0.05, 0) is 28.9 Å². The van der Waals surface area contributed by atoms with Crippen LogP contribution in [0, 0.1) is 0 Å². The maximum atomic E-state index is 11.9. The maximum Gasteiger partial charge on any atom is 0.344 e. The molecule has 0 fully saturated rings. The topological polar surface area (TPSA) is 78.9 Å². The van der Waals surface area contributed by atoms with E-state index in [9.17, 15) is 4.79 Å². The highest BCUT2D eigenvalue weighted by atomic mass is 79.9. The number of anilines is 1. The summed E-state index contributed by atoms with van der Waals surface area (Å²) in [5.74, 6) is 0.104. The van der Waals surface area contributed by atoms with Crippen LogP contribution in [0.5, 0.6) is 5.75 Å². The number of esters is 1. The Labute approximate surface area is 112 Å². The number of rotatable bonds is 3. The Kier molecular flexibility index (Phi) is 3.42. The van der Waals surface area contributed by atoms with Crippen molar-refractivity contribution in [2.75, 3.05) is 19.5 Å². The van der Waals surface area contributed by atoms with Crippen molar-refractivity contribution in [2.45, 2.75) is 6.92 Å². The number of nitrogens with two attached hydrogens (primary N) is 1. The first kappa shape index (κ1) is 12.7. The van der Waals surface area contributed by atoms with Gasteiger partial charge in [0.1, 0.15) is 16.8 Å². The van der Waals surface area contributed by atoms with Crippen LogP contribution in [0.2, 0.25) is 0 Å². The van der Waals surface area contributed by atoms with Crippen molar-refractivity contribution in [3.8, 4) is 5.75 Å². The number of ether oxygens (including phenoxy) is 2. The molecule has 0 saturated carbocycles. The summed E-state index contributed by atoms with van der Waals surface area (Å²) in [6.07, 6.45) is 1.69. The molecule has 2 rings (SSSR count). The largest absolute Gasteiger partial charge is 0.494 e. The number of pyridine rings is 1. The Morgan fingerprint density at radius 3 is 2.94 bits per heavy atom. The first-order valence-electron chi connectivity index (χ1n) is 5.27. The molecule has 0 aromatic carbocycles. The van der Waals surface area contributed by atoms with Gasteiger partial charge in [0.25, 0.3) is 0 Å². The fourth-order valence-electron chi connectivity index (χ4n) is 1.69. The van der Waals surface area contributed by atoms with E-state index in [-0.39, 0.29) is 18.0 Å². The van der Waals surface area contributed by atoms with Crippen molar-refractivity contribution in [3.63, 3.8) is 0 Å². The van der Waals surface area contributed by atoms with Crippen LogP contribution in [-0.4, -0.2) is 29.3 Å². The van der Waals surface area contributed by atoms with Crippen molar-refractivity contribution in [3.05, 3.63) is 22.3 Å². The lowest BCUT2D eigenvalue weighted by Crippen LogP contribution is -2.07. The lowest BCUT2D eigenvalue weighted by molar-refractivity contribution is 0.0529. The van der Waals surface area contributed by atoms with Crippen molar-refractivity contribution in [2.24, 2.45) is 0 Å². The van der Waals surface area contributed by atoms with Crippen LogP contribution in [0.3, 0.4) is 0 Å². The number of carbonyl (C=O) groups is 1. The molecule has 0 unspecified atom stereocenters. The highest BCUT2D eigenvalue weighted by Crippen LogP contribution is 2.30. The van der Waals surface area contributed by atoms with E-state index in [0.29, 0.717) is 11.3 Å². The fraction of sp³-hybridized carbons (Fsp3) is 0.273. The number of nitrogen functional groups attached to an aromatic ring is 1. The molecule has 6 nitrogen and oxygen atoms in total. The first-order valence-corrected chi connectivity index (χ1v) is 6.06. The van der Waals surface area contributed by atoms with Gasteiger partial charge < -0.3 is 15.2 Å². The summed E-state index contributed by atoms with van der Waals surface area (Å²) in [7, 11) is 1.51. The summed E-state index contributed by atoms with van der Waals surface area (Å²) in [5.41, 5.74) is 6.47. The van der Waals surface area contributed by atoms with Gasteiger partial charge in [0.15, 0.2) is 5.82 Å². The van der Waals surface area contributed by atoms with E-state index in [1.165, 1.54) is 11.6 Å². The van der Waals surface area contributed by atoms with E-state index in [4.69, 9.17) is 15.2 Å². The van der Waals surface area contributed by atoms with Crippen LogP contribution in [-0.2, 0) is 4.74 Å². The molecule has 2 N–H and O–H groups in total. The van der Waals surface area contributed by atoms with Gasteiger partial charge in [-0.15, -0.1) is 5.10 Å². The second kappa shape index (κ2) is 4.85. The molecular formula is C11H12BrN3O3. The smallest absolute Gasteiger partial charge is 0.344 e. The number of carbonyl (C=O) groups excluding carboxylic acids is 1. The average Bonchev–Trinajstić information content (AvgIpc) is 2.64. The van der Waals surface area contributed by atoms with Crippen molar-refractivity contribution < 1.29 is 14.3 Å². The minimum Gasteiger partial charge on any atom is -0.494 e. The molecule has 0 spiro atoms. The van der Waals surface area contributed by atoms with Gasteiger partial charge in [-0.1, -0.05) is 0 Å². The molecule has 2 aromatic heterocycles. The number of hydrogen-bond acceptors (Lipinski definition) is 5. The molecule has 0 aliphatic carbocycles. The Hall–Kier alpha value is -1.76. The zero-order chi connectivity index (χ0) is 13.3. The summed E-state index contributed by atoms with van der Waals surface area (Å²) in [4.78, 5) is 11.9. The third-order valence-corrected chi connectivity index (χ3v) is 2.82. The summed E-state index contributed by atoms with van der Waals surface area (Å²) < 4.78 is 12.5. The molecule has 0 aliphatic heterocycles. The minimum atomic E-state index is -0.509. The van der Waals surface area contributed by atoms with Crippen LogP contribution >= 0.6 is 15.9 Å². The number of nitrogens with zero attached hydrogens (tertiary/aromatic N) is 2. The van der Waals surface area contributed by atoms with Crippen LogP contribution in [0.25, 0.3) is 5.52 Å². The molecule has 0 amide bonds. The lowest BCUT2D eigenvalue weighted by atomic mass is 10.2. The molecule has 0 atom stereocenters. The molecule has 7 heteroatoms. The summed E-state index contributed by atoms with van der Waals surface area (Å²) >= 11 is 3.33. The van der Waals surface area contributed by atoms with Crippen LogP contribution in [0.15, 0.2) is 16.7 Å². The molecular weight excluding hydrogens is 302 g/mol. The normalized spacial score (nSPS) is 10.6. The minimum absolute atomic E-state index is 0.116. The Bertz CT molecular complexity index is 609. The zero-order valence-corrected chi connectivity index (χ0v) is 11.5. The number of methoxy groups -OCH3 is 1. The van der Waals surface area contributed by atoms with E-state index >= 15 is 0 Å². The summed E-state index contributed by atoms with van der Waals surface area (Å²) in [6, 6.07) is 1.74. The summed E-state index contributed by atoms with van der Waals surface area (Å²) in [6.45, 7) is 2.00. The van der Waals surface area contributed by atoms with Gasteiger partial charge in [-0.25, -0.2) is 9.31 Å². The van der Waals surface area contributed by atoms with Gasteiger partial charge in [0.05, 0.1) is 13.7 Å². The number of hydrogen-bond donors (Lipinski definition) is 1. The SMILES string of the molecule is CCOC(=O)c1c(N)nn2cc(Br)cc(OC)c12. The second-order valence-corrected chi connectivity index (χ2v) is 4.42. The van der Waals surface area contributed by atoms with Crippen LogP contribution < -0.4 is 10.5 Å². The fourth-order valence-corrected chi connectivity index (χ4v) is 2.09. The highest BCUT2D eigenvalue weighted by Gasteiger charge is 2.22. The number of halogens is 1. The maximum absolute atomic E-state index is 11.9.